The standard InChI is InChI=1S/C16H18N2O3/c1-11-4-3-5-14(17)16(11)21-10-15(19)18-12-6-8-13(20-2)9-7-12/h3-9H,10,17H2,1-2H3,(H,18,19). The number of rotatable bonds is 5. The van der Waals surface area contributed by atoms with Crippen molar-refractivity contribution >= 4 is 17.3 Å². The summed E-state index contributed by atoms with van der Waals surface area (Å²) in [6, 6.07) is 12.5. The quantitative estimate of drug-likeness (QED) is 0.829. The van der Waals surface area contributed by atoms with E-state index in [0.29, 0.717) is 17.1 Å². The number of carbonyl (C=O) groups is 1. The molecule has 0 fully saturated rings. The summed E-state index contributed by atoms with van der Waals surface area (Å²) in [7, 11) is 1.59. The lowest BCUT2D eigenvalue weighted by Crippen LogP contribution is -2.20. The molecule has 5 heteroatoms. The fourth-order valence-corrected chi connectivity index (χ4v) is 1.88. The summed E-state index contributed by atoms with van der Waals surface area (Å²) in [6.07, 6.45) is 0. The second-order valence-corrected chi connectivity index (χ2v) is 4.56. The summed E-state index contributed by atoms with van der Waals surface area (Å²) in [5.74, 6) is 1.03. The maximum absolute atomic E-state index is 11.9. The van der Waals surface area contributed by atoms with Gasteiger partial charge in [-0.05, 0) is 42.8 Å². The molecule has 0 aromatic heterocycles. The molecule has 0 spiro atoms. The first kappa shape index (κ1) is 14.7. The minimum atomic E-state index is -0.247. The molecule has 0 aliphatic carbocycles. The van der Waals surface area contributed by atoms with Crippen LogP contribution in [0.5, 0.6) is 11.5 Å². The van der Waals surface area contributed by atoms with Gasteiger partial charge in [0.1, 0.15) is 11.5 Å². The smallest absolute Gasteiger partial charge is 0.262 e. The minimum Gasteiger partial charge on any atom is -0.497 e. The molecule has 110 valence electrons. The Balaban J connectivity index is 1.92. The summed E-state index contributed by atoms with van der Waals surface area (Å²) in [4.78, 5) is 11.9. The zero-order valence-corrected chi connectivity index (χ0v) is 12.1. The molecule has 0 aliphatic heterocycles. The van der Waals surface area contributed by atoms with Crippen LogP contribution in [0.3, 0.4) is 0 Å². The van der Waals surface area contributed by atoms with Crippen LogP contribution < -0.4 is 20.5 Å². The molecule has 5 nitrogen and oxygen atoms in total. The molecule has 21 heavy (non-hydrogen) atoms. The maximum atomic E-state index is 11.9. The number of aryl methyl sites for hydroxylation is 1. The van der Waals surface area contributed by atoms with Gasteiger partial charge in [-0.1, -0.05) is 12.1 Å². The monoisotopic (exact) mass is 286 g/mol. The normalized spacial score (nSPS) is 10.0. The van der Waals surface area contributed by atoms with E-state index in [-0.39, 0.29) is 12.5 Å². The number of nitrogens with two attached hydrogens (primary N) is 1. The minimum absolute atomic E-state index is 0.0961. The first-order chi connectivity index (χ1) is 10.1. The molecule has 2 aromatic rings. The van der Waals surface area contributed by atoms with Gasteiger partial charge in [-0.15, -0.1) is 0 Å². The van der Waals surface area contributed by atoms with Crippen molar-refractivity contribution in [1.82, 2.24) is 0 Å². The third kappa shape index (κ3) is 3.89. The zero-order chi connectivity index (χ0) is 15.2. The molecule has 3 N–H and O–H groups in total. The van der Waals surface area contributed by atoms with Crippen molar-refractivity contribution in [2.45, 2.75) is 6.92 Å². The van der Waals surface area contributed by atoms with Crippen molar-refractivity contribution in [2.75, 3.05) is 24.8 Å². The first-order valence-corrected chi connectivity index (χ1v) is 6.52. The van der Waals surface area contributed by atoms with Crippen molar-refractivity contribution in [3.8, 4) is 11.5 Å². The molecule has 2 aromatic carbocycles. The van der Waals surface area contributed by atoms with Gasteiger partial charge in [-0.2, -0.15) is 0 Å². The highest BCUT2D eigenvalue weighted by Crippen LogP contribution is 2.25. The molecule has 0 heterocycles. The van der Waals surface area contributed by atoms with Crippen LogP contribution in [0.25, 0.3) is 0 Å². The highest BCUT2D eigenvalue weighted by Gasteiger charge is 2.08. The van der Waals surface area contributed by atoms with E-state index < -0.39 is 0 Å². The van der Waals surface area contributed by atoms with E-state index in [1.54, 1.807) is 37.4 Å². The van der Waals surface area contributed by atoms with E-state index in [2.05, 4.69) is 5.32 Å². The highest BCUT2D eigenvalue weighted by atomic mass is 16.5. The van der Waals surface area contributed by atoms with Crippen molar-refractivity contribution < 1.29 is 14.3 Å². The van der Waals surface area contributed by atoms with E-state index in [4.69, 9.17) is 15.2 Å². The number of nitrogen functional groups attached to an aromatic ring is 1. The molecule has 0 radical (unpaired) electrons. The lowest BCUT2D eigenvalue weighted by atomic mass is 10.2. The first-order valence-electron chi connectivity index (χ1n) is 6.52. The molecule has 0 saturated carbocycles. The predicted molar refractivity (Wildman–Crippen MR) is 82.7 cm³/mol. The van der Waals surface area contributed by atoms with Gasteiger partial charge >= 0.3 is 0 Å². The van der Waals surface area contributed by atoms with E-state index in [1.165, 1.54) is 0 Å². The summed E-state index contributed by atoms with van der Waals surface area (Å²) >= 11 is 0. The Kier molecular flexibility index (Phi) is 4.66. The summed E-state index contributed by atoms with van der Waals surface area (Å²) in [5, 5.41) is 2.74. The third-order valence-electron chi connectivity index (χ3n) is 2.96. The SMILES string of the molecule is COc1ccc(NC(=O)COc2c(C)cccc2N)cc1. The van der Waals surface area contributed by atoms with E-state index in [1.807, 2.05) is 19.1 Å². The Morgan fingerprint density at radius 3 is 2.52 bits per heavy atom. The van der Waals surface area contributed by atoms with Gasteiger partial charge in [0.05, 0.1) is 12.8 Å². The van der Waals surface area contributed by atoms with Crippen molar-refractivity contribution in [3.05, 3.63) is 48.0 Å². The topological polar surface area (TPSA) is 73.6 Å². The van der Waals surface area contributed by atoms with E-state index in [0.717, 1.165) is 11.3 Å². The molecule has 1 amide bonds. The number of hydrogen-bond donors (Lipinski definition) is 2. The molecule has 0 unspecified atom stereocenters. The van der Waals surface area contributed by atoms with Crippen LogP contribution >= 0.6 is 0 Å². The second-order valence-electron chi connectivity index (χ2n) is 4.56. The Labute approximate surface area is 123 Å². The van der Waals surface area contributed by atoms with Crippen LogP contribution in [0.15, 0.2) is 42.5 Å². The van der Waals surface area contributed by atoms with E-state index >= 15 is 0 Å². The van der Waals surface area contributed by atoms with Gasteiger partial charge in [0.15, 0.2) is 6.61 Å². The van der Waals surface area contributed by atoms with Crippen molar-refractivity contribution in [2.24, 2.45) is 0 Å². The number of para-hydroxylation sites is 1. The summed E-state index contributed by atoms with van der Waals surface area (Å²) < 4.78 is 10.5. The Hall–Kier alpha value is -2.69. The molecule has 0 aliphatic rings. The molecular formula is C16H18N2O3. The second kappa shape index (κ2) is 6.65. The number of ether oxygens (including phenoxy) is 2. The molecular weight excluding hydrogens is 268 g/mol. The number of carbonyl (C=O) groups excluding carboxylic acids is 1. The fourth-order valence-electron chi connectivity index (χ4n) is 1.88. The average molecular weight is 286 g/mol. The predicted octanol–water partition coefficient (Wildman–Crippen LogP) is 2.60. The van der Waals surface area contributed by atoms with Crippen LogP contribution in [-0.2, 0) is 4.79 Å². The number of methoxy groups -OCH3 is 1. The Bertz CT molecular complexity index is 604. The number of amides is 1. The Morgan fingerprint density at radius 1 is 1.19 bits per heavy atom. The van der Waals surface area contributed by atoms with Gasteiger partial charge in [-0.25, -0.2) is 0 Å². The Morgan fingerprint density at radius 2 is 1.90 bits per heavy atom. The molecule has 2 rings (SSSR count). The fraction of sp³-hybridized carbons (Fsp3) is 0.188. The van der Waals surface area contributed by atoms with Crippen LogP contribution in [0.1, 0.15) is 5.56 Å². The number of benzene rings is 2. The van der Waals surface area contributed by atoms with Crippen molar-refractivity contribution in [3.63, 3.8) is 0 Å². The maximum Gasteiger partial charge on any atom is 0.262 e. The highest BCUT2D eigenvalue weighted by molar-refractivity contribution is 5.92. The molecule has 0 atom stereocenters. The average Bonchev–Trinajstić information content (AvgIpc) is 2.47. The van der Waals surface area contributed by atoms with Gasteiger partial charge in [0.25, 0.3) is 5.91 Å². The van der Waals surface area contributed by atoms with Gasteiger partial charge in [0, 0.05) is 5.69 Å². The zero-order valence-electron chi connectivity index (χ0n) is 12.1. The number of hydrogen-bond acceptors (Lipinski definition) is 4. The third-order valence-corrected chi connectivity index (χ3v) is 2.96. The van der Waals surface area contributed by atoms with E-state index in [9.17, 15) is 4.79 Å². The molecule has 0 bridgehead atoms. The van der Waals surface area contributed by atoms with Crippen LogP contribution in [0.4, 0.5) is 11.4 Å². The van der Waals surface area contributed by atoms with Crippen LogP contribution in [-0.4, -0.2) is 19.6 Å². The van der Waals surface area contributed by atoms with Crippen molar-refractivity contribution in [1.29, 1.82) is 0 Å². The van der Waals surface area contributed by atoms with Crippen LogP contribution in [0.2, 0.25) is 0 Å². The number of anilines is 2. The summed E-state index contributed by atoms with van der Waals surface area (Å²) in [5.41, 5.74) is 7.92. The lowest BCUT2D eigenvalue weighted by Gasteiger charge is -2.11. The van der Waals surface area contributed by atoms with Gasteiger partial charge in [-0.3, -0.25) is 4.79 Å². The molecule has 0 saturated heterocycles. The van der Waals surface area contributed by atoms with Gasteiger partial charge in [0.2, 0.25) is 0 Å². The van der Waals surface area contributed by atoms with Gasteiger partial charge < -0.3 is 20.5 Å². The number of nitrogens with one attached hydrogen (secondary N) is 1. The lowest BCUT2D eigenvalue weighted by molar-refractivity contribution is -0.118. The van der Waals surface area contributed by atoms with Crippen LogP contribution in [0, 0.1) is 6.92 Å². The summed E-state index contributed by atoms with van der Waals surface area (Å²) in [6.45, 7) is 1.79. The largest absolute Gasteiger partial charge is 0.497 e.